The minimum atomic E-state index is 0. The number of nitrogens with zero attached hydrogens (tertiary/aromatic N) is 2. The van der Waals surface area contributed by atoms with Crippen molar-refractivity contribution in [3.8, 4) is 43.8 Å². The van der Waals surface area contributed by atoms with E-state index in [1.165, 1.54) is 27.0 Å². The minimum absolute atomic E-state index is 0. The molecule has 43 heavy (non-hydrogen) atoms. The van der Waals surface area contributed by atoms with E-state index in [4.69, 9.17) is 9.72 Å². The second-order valence-corrected chi connectivity index (χ2v) is 14.9. The zero-order chi connectivity index (χ0) is 29.6. The molecular weight excluding hydrogens is 748 g/mol. The van der Waals surface area contributed by atoms with Gasteiger partial charge in [-0.25, -0.2) is 11.3 Å². The summed E-state index contributed by atoms with van der Waals surface area (Å²) in [6, 6.07) is 30.3. The first kappa shape index (κ1) is 31.3. The molecule has 0 amide bonds. The summed E-state index contributed by atoms with van der Waals surface area (Å²) in [5, 5.41) is 1.19. The zero-order valence-electron chi connectivity index (χ0n) is 25.4. The molecule has 6 rings (SSSR count). The van der Waals surface area contributed by atoms with Crippen LogP contribution in [0.1, 0.15) is 57.5 Å². The molecule has 4 aromatic heterocycles. The molecule has 0 bridgehead atoms. The molecule has 220 valence electrons. The van der Waals surface area contributed by atoms with E-state index in [2.05, 4.69) is 114 Å². The molecule has 0 radical (unpaired) electrons. The first-order valence-electron chi connectivity index (χ1n) is 14.2. The summed E-state index contributed by atoms with van der Waals surface area (Å²) in [5.41, 5.74) is 6.71. The SMILES string of the molecule is Cc1sc(-c2nccc3cc(-c4ccc(C(C)(C)C)cc4)sc23)[c-]c1Oc1[c-]c(-c2cc(C(C)(C)C)ccn2)ccc1.[Pt+2]. The molecule has 4 heterocycles. The number of fused-ring (bicyclic) bond motifs is 1. The van der Waals surface area contributed by atoms with Gasteiger partial charge in [0, 0.05) is 33.5 Å². The maximum Gasteiger partial charge on any atom is 2.00 e. The molecule has 6 heteroatoms. The summed E-state index contributed by atoms with van der Waals surface area (Å²) in [4.78, 5) is 12.6. The van der Waals surface area contributed by atoms with Gasteiger partial charge in [-0.05, 0) is 62.5 Å². The van der Waals surface area contributed by atoms with E-state index in [1.807, 2.05) is 30.6 Å². The van der Waals surface area contributed by atoms with E-state index in [9.17, 15) is 0 Å². The summed E-state index contributed by atoms with van der Waals surface area (Å²) in [6.45, 7) is 15.4. The fourth-order valence-corrected chi connectivity index (χ4v) is 6.94. The van der Waals surface area contributed by atoms with Crippen molar-refractivity contribution in [2.75, 3.05) is 0 Å². The Bertz CT molecular complexity index is 1890. The molecule has 0 aliphatic rings. The number of pyridine rings is 2. The molecule has 0 saturated carbocycles. The molecule has 2 aromatic carbocycles. The molecule has 0 N–H and O–H groups in total. The number of aryl methyl sites for hydroxylation is 1. The summed E-state index contributed by atoms with van der Waals surface area (Å²) >= 11 is 3.43. The van der Waals surface area contributed by atoms with E-state index in [-0.39, 0.29) is 31.9 Å². The normalized spacial score (nSPS) is 11.9. The number of rotatable bonds is 5. The Morgan fingerprint density at radius 1 is 0.744 bits per heavy atom. The van der Waals surface area contributed by atoms with Crippen molar-refractivity contribution >= 4 is 32.8 Å². The number of aromatic nitrogens is 2. The monoisotopic (exact) mass is 781 g/mol. The maximum absolute atomic E-state index is 6.34. The van der Waals surface area contributed by atoms with Crippen molar-refractivity contribution in [1.82, 2.24) is 9.97 Å². The van der Waals surface area contributed by atoms with Crippen LogP contribution in [0.15, 0.2) is 79.1 Å². The molecule has 0 spiro atoms. The van der Waals surface area contributed by atoms with Crippen molar-refractivity contribution in [3.05, 3.63) is 107 Å². The molecule has 0 aliphatic carbocycles. The third-order valence-corrected chi connectivity index (χ3v) is 9.57. The van der Waals surface area contributed by atoms with Crippen LogP contribution in [0.25, 0.3) is 42.4 Å². The van der Waals surface area contributed by atoms with Crippen LogP contribution < -0.4 is 4.74 Å². The third kappa shape index (κ3) is 6.70. The van der Waals surface area contributed by atoms with E-state index >= 15 is 0 Å². The topological polar surface area (TPSA) is 35.0 Å². The van der Waals surface area contributed by atoms with Gasteiger partial charge in [-0.3, -0.25) is 0 Å². The molecule has 6 aromatic rings. The molecule has 0 saturated heterocycles. The first-order chi connectivity index (χ1) is 20.0. The number of ether oxygens (including phenoxy) is 1. The van der Waals surface area contributed by atoms with Gasteiger partial charge in [0.25, 0.3) is 0 Å². The Morgan fingerprint density at radius 3 is 2.19 bits per heavy atom. The summed E-state index contributed by atoms with van der Waals surface area (Å²) in [5.74, 6) is 1.34. The van der Waals surface area contributed by atoms with Crippen LogP contribution in [0.4, 0.5) is 0 Å². The van der Waals surface area contributed by atoms with Gasteiger partial charge >= 0.3 is 21.1 Å². The van der Waals surface area contributed by atoms with Gasteiger partial charge in [-0.2, -0.15) is 0 Å². The van der Waals surface area contributed by atoms with Crippen molar-refractivity contribution in [2.45, 2.75) is 59.3 Å². The summed E-state index contributed by atoms with van der Waals surface area (Å²) < 4.78 is 7.51. The Morgan fingerprint density at radius 2 is 1.47 bits per heavy atom. The number of thiophene rings is 2. The van der Waals surface area contributed by atoms with E-state index in [1.54, 1.807) is 22.7 Å². The molecule has 0 unspecified atom stereocenters. The first-order valence-corrected chi connectivity index (χ1v) is 15.8. The van der Waals surface area contributed by atoms with Gasteiger partial charge < -0.3 is 14.7 Å². The number of hydrogen-bond donors (Lipinski definition) is 0. The molecule has 0 aliphatic heterocycles. The van der Waals surface area contributed by atoms with Gasteiger partial charge in [0.1, 0.15) is 0 Å². The van der Waals surface area contributed by atoms with Gasteiger partial charge in [0.05, 0.1) is 0 Å². The standard InChI is InChI=1S/C37H34N2OS2.Pt/c1-23-31(40-29-10-8-9-25(19-29)30-21-28(16-18-38-30)37(5,6)7)22-33(41-23)34-35-26(15-17-39-34)20-32(42-35)24-11-13-27(14-12-24)36(2,3)4;/h8-18,20-21H,1-7H3;/q-2;+2. The molecule has 0 fully saturated rings. The van der Waals surface area contributed by atoms with Crippen LogP contribution in [-0.2, 0) is 31.9 Å². The van der Waals surface area contributed by atoms with Crippen molar-refractivity contribution < 1.29 is 25.8 Å². The predicted octanol–water partition coefficient (Wildman–Crippen LogP) is 11.0. The Labute approximate surface area is 277 Å². The van der Waals surface area contributed by atoms with Crippen LogP contribution in [0.2, 0.25) is 0 Å². The summed E-state index contributed by atoms with van der Waals surface area (Å²) in [6.07, 6.45) is 3.75. The second-order valence-electron chi connectivity index (χ2n) is 12.7. The molecular formula is C37H34N2OPtS2. The quantitative estimate of drug-likeness (QED) is 0.163. The third-order valence-electron chi connectivity index (χ3n) is 7.37. The Balaban J connectivity index is 0.00000368. The molecule has 3 nitrogen and oxygen atoms in total. The fraction of sp³-hybridized carbons (Fsp3) is 0.243. The van der Waals surface area contributed by atoms with Crippen LogP contribution in [0.5, 0.6) is 11.5 Å². The second kappa shape index (κ2) is 12.1. The van der Waals surface area contributed by atoms with Crippen LogP contribution >= 0.6 is 22.7 Å². The predicted molar refractivity (Wildman–Crippen MR) is 178 cm³/mol. The van der Waals surface area contributed by atoms with Crippen LogP contribution in [-0.4, -0.2) is 9.97 Å². The van der Waals surface area contributed by atoms with Crippen LogP contribution in [0, 0.1) is 19.1 Å². The Hall–Kier alpha value is -3.11. The van der Waals surface area contributed by atoms with E-state index in [0.29, 0.717) is 11.5 Å². The number of hydrogen-bond acceptors (Lipinski definition) is 5. The minimum Gasteiger partial charge on any atom is -0.502 e. The zero-order valence-corrected chi connectivity index (χ0v) is 29.3. The fourth-order valence-electron chi connectivity index (χ4n) is 4.84. The van der Waals surface area contributed by atoms with E-state index < -0.39 is 0 Å². The number of benzene rings is 2. The average Bonchev–Trinajstić information content (AvgIpc) is 3.56. The van der Waals surface area contributed by atoms with Gasteiger partial charge in [0.15, 0.2) is 0 Å². The van der Waals surface area contributed by atoms with Crippen molar-refractivity contribution in [1.29, 1.82) is 0 Å². The van der Waals surface area contributed by atoms with Gasteiger partial charge in [-0.1, -0.05) is 94.6 Å². The Kier molecular flexibility index (Phi) is 8.82. The van der Waals surface area contributed by atoms with Crippen molar-refractivity contribution in [3.63, 3.8) is 0 Å². The maximum atomic E-state index is 6.34. The average molecular weight is 782 g/mol. The van der Waals surface area contributed by atoms with Gasteiger partial charge in [0.2, 0.25) is 0 Å². The molecule has 0 atom stereocenters. The largest absolute Gasteiger partial charge is 2.00 e. The van der Waals surface area contributed by atoms with Crippen LogP contribution in [0.3, 0.4) is 0 Å². The summed E-state index contributed by atoms with van der Waals surface area (Å²) in [7, 11) is 0. The van der Waals surface area contributed by atoms with E-state index in [0.717, 1.165) is 31.4 Å². The smallest absolute Gasteiger partial charge is 0.502 e. The van der Waals surface area contributed by atoms with Crippen molar-refractivity contribution in [2.24, 2.45) is 0 Å². The van der Waals surface area contributed by atoms with Gasteiger partial charge in [-0.15, -0.1) is 41.2 Å².